The van der Waals surface area contributed by atoms with E-state index < -0.39 is 0 Å². The van der Waals surface area contributed by atoms with Gasteiger partial charge in [0.05, 0.1) is 27.5 Å². The fraction of sp³-hybridized carbons (Fsp3) is 0.250. The Morgan fingerprint density at radius 2 is 1.55 bits per heavy atom. The molecule has 0 spiro atoms. The smallest absolute Gasteiger partial charge is 0.271 e. The highest BCUT2D eigenvalue weighted by atomic mass is 32.2. The molecule has 0 unspecified atom stereocenters. The summed E-state index contributed by atoms with van der Waals surface area (Å²) in [4.78, 5) is 21.3. The van der Waals surface area contributed by atoms with Crippen LogP contribution >= 0.6 is 11.8 Å². The average Bonchev–Trinajstić information content (AvgIpc) is 2.82. The van der Waals surface area contributed by atoms with Gasteiger partial charge < -0.3 is 14.2 Å². The number of rotatable bonds is 9. The van der Waals surface area contributed by atoms with Crippen molar-refractivity contribution < 1.29 is 19.0 Å². The molecule has 33 heavy (non-hydrogen) atoms. The summed E-state index contributed by atoms with van der Waals surface area (Å²) in [7, 11) is 4.64. The Bertz CT molecular complexity index is 1130. The van der Waals surface area contributed by atoms with Gasteiger partial charge in [0.25, 0.3) is 5.91 Å². The van der Waals surface area contributed by atoms with Crippen molar-refractivity contribution in [2.75, 3.05) is 21.3 Å². The third-order valence-electron chi connectivity index (χ3n) is 4.65. The number of methoxy groups -OCH3 is 3. The fourth-order valence-electron chi connectivity index (χ4n) is 3.04. The quantitative estimate of drug-likeness (QED) is 0.219. The Morgan fingerprint density at radius 1 is 0.939 bits per heavy atom. The Hall–Kier alpha value is -3.59. The maximum atomic E-state index is 12.5. The second kappa shape index (κ2) is 11.3. The minimum Gasteiger partial charge on any atom is -0.496 e. The van der Waals surface area contributed by atoms with E-state index in [1.165, 1.54) is 6.21 Å². The first-order valence-corrected chi connectivity index (χ1v) is 11.1. The van der Waals surface area contributed by atoms with Crippen LogP contribution in [0.5, 0.6) is 17.2 Å². The maximum absolute atomic E-state index is 12.5. The molecule has 9 heteroatoms. The number of hydrogen-bond acceptors (Lipinski definition) is 8. The lowest BCUT2D eigenvalue weighted by molar-refractivity contribution is 0.0955. The predicted octanol–water partition coefficient (Wildman–Crippen LogP) is 4.18. The zero-order valence-corrected chi connectivity index (χ0v) is 20.0. The number of carbonyl (C=O) groups excluding carboxylic acids is 1. The summed E-state index contributed by atoms with van der Waals surface area (Å²) in [5.41, 5.74) is 6.63. The number of nitrogens with one attached hydrogen (secondary N) is 1. The van der Waals surface area contributed by atoms with Gasteiger partial charge in [0.15, 0.2) is 16.7 Å². The van der Waals surface area contributed by atoms with Gasteiger partial charge in [0.2, 0.25) is 0 Å². The molecule has 1 N–H and O–H groups in total. The Morgan fingerprint density at radius 3 is 2.15 bits per heavy atom. The number of hydrazone groups is 1. The summed E-state index contributed by atoms with van der Waals surface area (Å²) in [6.45, 7) is 3.91. The highest BCUT2D eigenvalue weighted by Crippen LogP contribution is 2.33. The van der Waals surface area contributed by atoms with Crippen molar-refractivity contribution in [3.63, 3.8) is 0 Å². The number of amides is 1. The lowest BCUT2D eigenvalue weighted by atomic mass is 10.1. The molecule has 172 valence electrons. The summed E-state index contributed by atoms with van der Waals surface area (Å²) >= 11 is 1.56. The maximum Gasteiger partial charge on any atom is 0.271 e. The summed E-state index contributed by atoms with van der Waals surface area (Å²) in [5, 5.41) is 4.80. The standard InChI is InChI=1S/C24H26N4O4S/c1-15-10-16(2)27-24(26-15)33-14-17-6-8-18(9-7-17)23(29)28-25-13-19-11-21(31-4)22(32-5)12-20(19)30-3/h6-13H,14H2,1-5H3,(H,28,29)/b25-13-. The van der Waals surface area contributed by atoms with Crippen LogP contribution in [0.15, 0.2) is 52.7 Å². The van der Waals surface area contributed by atoms with E-state index in [4.69, 9.17) is 14.2 Å². The molecular weight excluding hydrogens is 440 g/mol. The molecule has 0 atom stereocenters. The average molecular weight is 467 g/mol. The van der Waals surface area contributed by atoms with E-state index in [2.05, 4.69) is 20.5 Å². The van der Waals surface area contributed by atoms with Crippen molar-refractivity contribution in [3.05, 3.63) is 70.5 Å². The molecule has 0 fully saturated rings. The van der Waals surface area contributed by atoms with E-state index in [1.807, 2.05) is 32.0 Å². The van der Waals surface area contributed by atoms with Gasteiger partial charge in [-0.15, -0.1) is 0 Å². The molecular formula is C24H26N4O4S. The zero-order valence-electron chi connectivity index (χ0n) is 19.2. The van der Waals surface area contributed by atoms with Crippen molar-refractivity contribution in [1.82, 2.24) is 15.4 Å². The SMILES string of the molecule is COc1cc(OC)c(OC)cc1/C=N\NC(=O)c1ccc(CSc2nc(C)cc(C)n2)cc1. The number of aryl methyl sites for hydroxylation is 2. The van der Waals surface area contributed by atoms with E-state index in [-0.39, 0.29) is 5.91 Å². The number of hydrogen-bond donors (Lipinski definition) is 1. The third kappa shape index (κ3) is 6.45. The van der Waals surface area contributed by atoms with Gasteiger partial charge in [0, 0.05) is 34.3 Å². The van der Waals surface area contributed by atoms with Crippen LogP contribution in [-0.4, -0.2) is 43.4 Å². The van der Waals surface area contributed by atoms with Crippen molar-refractivity contribution in [3.8, 4) is 17.2 Å². The van der Waals surface area contributed by atoms with Crippen LogP contribution in [0, 0.1) is 13.8 Å². The Labute approximate surface area is 197 Å². The monoisotopic (exact) mass is 466 g/mol. The largest absolute Gasteiger partial charge is 0.496 e. The van der Waals surface area contributed by atoms with Crippen molar-refractivity contribution >= 4 is 23.9 Å². The molecule has 3 rings (SSSR count). The molecule has 0 aliphatic heterocycles. The number of benzene rings is 2. The van der Waals surface area contributed by atoms with Crippen LogP contribution < -0.4 is 19.6 Å². The van der Waals surface area contributed by atoms with Crippen LogP contribution in [0.2, 0.25) is 0 Å². The van der Waals surface area contributed by atoms with E-state index in [9.17, 15) is 4.79 Å². The first kappa shape index (κ1) is 24.1. The lowest BCUT2D eigenvalue weighted by Gasteiger charge is -2.11. The minimum atomic E-state index is -0.317. The second-order valence-electron chi connectivity index (χ2n) is 7.07. The molecule has 1 amide bonds. The van der Waals surface area contributed by atoms with E-state index >= 15 is 0 Å². The summed E-state index contributed by atoms with van der Waals surface area (Å²) in [6.07, 6.45) is 1.49. The Kier molecular flexibility index (Phi) is 8.26. The third-order valence-corrected chi connectivity index (χ3v) is 5.57. The van der Waals surface area contributed by atoms with Gasteiger partial charge in [-0.3, -0.25) is 4.79 Å². The molecule has 0 aliphatic rings. The number of thioether (sulfide) groups is 1. The number of carbonyl (C=O) groups is 1. The van der Waals surface area contributed by atoms with E-state index in [1.54, 1.807) is 57.4 Å². The highest BCUT2D eigenvalue weighted by Gasteiger charge is 2.11. The minimum absolute atomic E-state index is 0.317. The molecule has 3 aromatic rings. The summed E-state index contributed by atoms with van der Waals surface area (Å²) in [6, 6.07) is 12.7. The van der Waals surface area contributed by atoms with Gasteiger partial charge in [0.1, 0.15) is 5.75 Å². The van der Waals surface area contributed by atoms with Gasteiger partial charge in [-0.25, -0.2) is 15.4 Å². The Balaban J connectivity index is 1.61. The molecule has 2 aromatic carbocycles. The van der Waals surface area contributed by atoms with Crippen LogP contribution in [-0.2, 0) is 5.75 Å². The first-order valence-electron chi connectivity index (χ1n) is 10.1. The molecule has 0 radical (unpaired) electrons. The van der Waals surface area contributed by atoms with Crippen molar-refractivity contribution in [2.45, 2.75) is 24.8 Å². The second-order valence-corrected chi connectivity index (χ2v) is 8.01. The van der Waals surface area contributed by atoms with Gasteiger partial charge in [-0.1, -0.05) is 23.9 Å². The van der Waals surface area contributed by atoms with Crippen molar-refractivity contribution in [2.24, 2.45) is 5.10 Å². The van der Waals surface area contributed by atoms with Crippen molar-refractivity contribution in [1.29, 1.82) is 0 Å². The van der Waals surface area contributed by atoms with Gasteiger partial charge >= 0.3 is 0 Å². The van der Waals surface area contributed by atoms with Crippen LogP contribution in [0.25, 0.3) is 0 Å². The van der Waals surface area contributed by atoms with Gasteiger partial charge in [-0.05, 0) is 43.7 Å². The fourth-order valence-corrected chi connectivity index (χ4v) is 3.94. The molecule has 1 heterocycles. The highest BCUT2D eigenvalue weighted by molar-refractivity contribution is 7.98. The lowest BCUT2D eigenvalue weighted by Crippen LogP contribution is -2.17. The predicted molar refractivity (Wildman–Crippen MR) is 129 cm³/mol. The normalized spacial score (nSPS) is 10.8. The van der Waals surface area contributed by atoms with Crippen LogP contribution in [0.4, 0.5) is 0 Å². The first-order chi connectivity index (χ1) is 15.9. The topological polar surface area (TPSA) is 94.9 Å². The molecule has 1 aromatic heterocycles. The summed E-state index contributed by atoms with van der Waals surface area (Å²) < 4.78 is 15.9. The van der Waals surface area contributed by atoms with E-state index in [0.717, 1.165) is 22.1 Å². The van der Waals surface area contributed by atoms with Crippen LogP contribution in [0.3, 0.4) is 0 Å². The molecule has 0 aliphatic carbocycles. The number of ether oxygens (including phenoxy) is 3. The van der Waals surface area contributed by atoms with Crippen LogP contribution in [0.1, 0.15) is 32.9 Å². The summed E-state index contributed by atoms with van der Waals surface area (Å²) in [5.74, 6) is 2.01. The molecule has 0 bridgehead atoms. The van der Waals surface area contributed by atoms with Gasteiger partial charge in [-0.2, -0.15) is 5.10 Å². The molecule has 0 saturated carbocycles. The van der Waals surface area contributed by atoms with E-state index in [0.29, 0.717) is 34.1 Å². The number of nitrogens with zero attached hydrogens (tertiary/aromatic N) is 3. The molecule has 0 saturated heterocycles. The zero-order chi connectivity index (χ0) is 23.8. The number of aromatic nitrogens is 2. The molecule has 8 nitrogen and oxygen atoms in total.